The summed E-state index contributed by atoms with van der Waals surface area (Å²) in [7, 11) is 1.78. The van der Waals surface area contributed by atoms with E-state index in [9.17, 15) is 8.78 Å². The van der Waals surface area contributed by atoms with Gasteiger partial charge >= 0.3 is 0 Å². The van der Waals surface area contributed by atoms with E-state index in [2.05, 4.69) is 0 Å². The van der Waals surface area contributed by atoms with Crippen LogP contribution in [0, 0.1) is 0 Å². The average Bonchev–Trinajstić information content (AvgIpc) is 2.43. The van der Waals surface area contributed by atoms with Gasteiger partial charge in [-0.05, 0) is 32.0 Å². The molecule has 3 heteroatoms. The molecule has 0 aromatic rings. The normalized spacial score (nSPS) is 31.8. The Morgan fingerprint density at radius 2 is 1.75 bits per heavy atom. The van der Waals surface area contributed by atoms with E-state index in [1.807, 2.05) is 13.8 Å². The van der Waals surface area contributed by atoms with Crippen LogP contribution in [0.4, 0.5) is 8.78 Å². The Labute approximate surface area is 71.0 Å². The Kier molecular flexibility index (Phi) is 1.29. The van der Waals surface area contributed by atoms with Gasteiger partial charge in [0.05, 0.1) is 0 Å². The van der Waals surface area contributed by atoms with E-state index < -0.39 is 11.5 Å². The lowest BCUT2D eigenvalue weighted by Crippen LogP contribution is -2.43. The van der Waals surface area contributed by atoms with Gasteiger partial charge in [-0.3, -0.25) is 4.90 Å². The monoisotopic (exact) mass is 173 g/mol. The number of alkyl halides is 2. The summed E-state index contributed by atoms with van der Waals surface area (Å²) in [4.78, 5) is 1.78. The third kappa shape index (κ3) is 0.586. The summed E-state index contributed by atoms with van der Waals surface area (Å²) in [5, 5.41) is 0. The van der Waals surface area contributed by atoms with E-state index in [1.165, 1.54) is 0 Å². The standard InChI is InChI=1S/C9H13F2N/c1-6-7(2)9(6)8(10,11)4-5-12(9)3/h4-5H2,1-3H3. The zero-order valence-electron chi connectivity index (χ0n) is 7.62. The second-order valence-electron chi connectivity index (χ2n) is 3.84. The lowest BCUT2D eigenvalue weighted by Gasteiger charge is -2.27. The third-order valence-corrected chi connectivity index (χ3v) is 3.45. The van der Waals surface area contributed by atoms with Gasteiger partial charge < -0.3 is 0 Å². The first-order valence-electron chi connectivity index (χ1n) is 4.22. The summed E-state index contributed by atoms with van der Waals surface area (Å²) < 4.78 is 26.9. The van der Waals surface area contributed by atoms with Gasteiger partial charge in [0.25, 0.3) is 5.92 Å². The summed E-state index contributed by atoms with van der Waals surface area (Å²) >= 11 is 0. The van der Waals surface area contributed by atoms with Crippen LogP contribution in [0.25, 0.3) is 0 Å². The Morgan fingerprint density at radius 3 is 1.92 bits per heavy atom. The molecule has 2 rings (SSSR count). The van der Waals surface area contributed by atoms with Crippen molar-refractivity contribution < 1.29 is 8.78 Å². The molecule has 12 heavy (non-hydrogen) atoms. The van der Waals surface area contributed by atoms with Crippen LogP contribution < -0.4 is 0 Å². The Hall–Kier alpha value is -0.440. The second-order valence-corrected chi connectivity index (χ2v) is 3.84. The molecule has 0 N–H and O–H groups in total. The zero-order chi connectivity index (χ0) is 9.15. The van der Waals surface area contributed by atoms with E-state index in [4.69, 9.17) is 0 Å². The van der Waals surface area contributed by atoms with Crippen LogP contribution in [0.1, 0.15) is 20.3 Å². The summed E-state index contributed by atoms with van der Waals surface area (Å²) in [5.74, 6) is -2.53. The van der Waals surface area contributed by atoms with Crippen molar-refractivity contribution in [1.82, 2.24) is 4.90 Å². The molecule has 1 saturated heterocycles. The smallest absolute Gasteiger partial charge is 0.274 e. The van der Waals surface area contributed by atoms with Crippen LogP contribution in [-0.2, 0) is 0 Å². The molecule has 0 amide bonds. The number of likely N-dealkylation sites (tertiary alicyclic amines) is 1. The van der Waals surface area contributed by atoms with Crippen LogP contribution in [-0.4, -0.2) is 30.0 Å². The lowest BCUT2D eigenvalue weighted by atomic mass is 10.0. The van der Waals surface area contributed by atoms with Gasteiger partial charge in [0, 0.05) is 13.0 Å². The molecular formula is C9H13F2N. The molecule has 1 fully saturated rings. The zero-order valence-corrected chi connectivity index (χ0v) is 7.62. The molecule has 1 aliphatic carbocycles. The topological polar surface area (TPSA) is 3.24 Å². The SMILES string of the molecule is CC1=C(C)C12N(C)CCC2(F)F. The molecule has 0 atom stereocenters. The number of likely N-dealkylation sites (N-methyl/N-ethyl adjacent to an activating group) is 1. The molecule has 1 aliphatic heterocycles. The fourth-order valence-corrected chi connectivity index (χ4v) is 2.60. The minimum absolute atomic E-state index is 0.00181. The van der Waals surface area contributed by atoms with Gasteiger partial charge in [-0.2, -0.15) is 0 Å². The number of halogens is 2. The first-order chi connectivity index (χ1) is 5.44. The van der Waals surface area contributed by atoms with Gasteiger partial charge in [-0.15, -0.1) is 0 Å². The van der Waals surface area contributed by atoms with Crippen LogP contribution in [0.5, 0.6) is 0 Å². The van der Waals surface area contributed by atoms with Crippen molar-refractivity contribution in [2.45, 2.75) is 31.7 Å². The predicted octanol–water partition coefficient (Wildman–Crippen LogP) is 2.05. The van der Waals surface area contributed by atoms with Crippen LogP contribution in [0.2, 0.25) is 0 Å². The van der Waals surface area contributed by atoms with Crippen molar-refractivity contribution in [3.8, 4) is 0 Å². The third-order valence-electron chi connectivity index (χ3n) is 3.45. The number of hydrogen-bond acceptors (Lipinski definition) is 1. The van der Waals surface area contributed by atoms with E-state index >= 15 is 0 Å². The summed E-state index contributed by atoms with van der Waals surface area (Å²) in [6, 6.07) is 0. The summed E-state index contributed by atoms with van der Waals surface area (Å²) in [5.41, 5.74) is 0.785. The fourth-order valence-electron chi connectivity index (χ4n) is 2.60. The Morgan fingerprint density at radius 1 is 1.25 bits per heavy atom. The van der Waals surface area contributed by atoms with Crippen molar-refractivity contribution in [2.24, 2.45) is 0 Å². The fraction of sp³-hybridized carbons (Fsp3) is 0.778. The quantitative estimate of drug-likeness (QED) is 0.507. The van der Waals surface area contributed by atoms with Crippen molar-refractivity contribution in [3.05, 3.63) is 11.1 Å². The number of rotatable bonds is 0. The molecule has 0 bridgehead atoms. The molecular weight excluding hydrogens is 160 g/mol. The molecule has 2 aliphatic rings. The Bertz CT molecular complexity index is 256. The van der Waals surface area contributed by atoms with Gasteiger partial charge in [0.15, 0.2) is 0 Å². The minimum atomic E-state index is -2.53. The van der Waals surface area contributed by atoms with Crippen LogP contribution >= 0.6 is 0 Å². The average molecular weight is 173 g/mol. The molecule has 1 nitrogen and oxygen atoms in total. The van der Waals surface area contributed by atoms with Crippen molar-refractivity contribution in [3.63, 3.8) is 0 Å². The summed E-state index contributed by atoms with van der Waals surface area (Å²) in [6.45, 7) is 4.12. The predicted molar refractivity (Wildman–Crippen MR) is 43.3 cm³/mol. The highest BCUT2D eigenvalue weighted by molar-refractivity contribution is 5.57. The first kappa shape index (κ1) is 8.17. The number of nitrogens with zero attached hydrogens (tertiary/aromatic N) is 1. The van der Waals surface area contributed by atoms with Crippen LogP contribution in [0.15, 0.2) is 11.1 Å². The van der Waals surface area contributed by atoms with Crippen molar-refractivity contribution in [2.75, 3.05) is 13.6 Å². The molecule has 1 spiro atoms. The maximum absolute atomic E-state index is 13.5. The maximum atomic E-state index is 13.5. The van der Waals surface area contributed by atoms with Crippen molar-refractivity contribution in [1.29, 1.82) is 0 Å². The maximum Gasteiger partial charge on any atom is 0.274 e. The van der Waals surface area contributed by atoms with Crippen LogP contribution in [0.3, 0.4) is 0 Å². The molecule has 0 aromatic heterocycles. The first-order valence-corrected chi connectivity index (χ1v) is 4.22. The van der Waals surface area contributed by atoms with E-state index in [0.29, 0.717) is 6.54 Å². The van der Waals surface area contributed by atoms with Gasteiger partial charge in [-0.1, -0.05) is 0 Å². The highest BCUT2D eigenvalue weighted by Gasteiger charge is 2.70. The molecule has 0 saturated carbocycles. The van der Waals surface area contributed by atoms with E-state index in [-0.39, 0.29) is 6.42 Å². The van der Waals surface area contributed by atoms with Gasteiger partial charge in [0.1, 0.15) is 5.54 Å². The van der Waals surface area contributed by atoms with Crippen molar-refractivity contribution >= 4 is 0 Å². The largest absolute Gasteiger partial charge is 0.288 e. The number of hydrogen-bond donors (Lipinski definition) is 0. The molecule has 0 aromatic carbocycles. The second kappa shape index (κ2) is 1.90. The molecule has 1 heterocycles. The van der Waals surface area contributed by atoms with E-state index in [0.717, 1.165) is 11.1 Å². The minimum Gasteiger partial charge on any atom is -0.288 e. The van der Waals surface area contributed by atoms with E-state index in [1.54, 1.807) is 11.9 Å². The summed E-state index contributed by atoms with van der Waals surface area (Å²) in [6.07, 6.45) is -0.00181. The van der Waals surface area contributed by atoms with Gasteiger partial charge in [0.2, 0.25) is 0 Å². The van der Waals surface area contributed by atoms with Gasteiger partial charge in [-0.25, -0.2) is 8.78 Å². The Balaban J connectivity index is 2.37. The highest BCUT2D eigenvalue weighted by Crippen LogP contribution is 2.61. The highest BCUT2D eigenvalue weighted by atomic mass is 19.3. The molecule has 0 radical (unpaired) electrons. The molecule has 0 unspecified atom stereocenters. The lowest BCUT2D eigenvalue weighted by molar-refractivity contribution is -0.0358. The molecule has 68 valence electrons.